The smallest absolute Gasteiger partial charge is 0.233 e. The molecule has 0 radical (unpaired) electrons. The van der Waals surface area contributed by atoms with Crippen LogP contribution in [0.15, 0.2) is 40.8 Å². The van der Waals surface area contributed by atoms with Crippen LogP contribution in [0.3, 0.4) is 0 Å². The lowest BCUT2D eigenvalue weighted by molar-refractivity contribution is -0.117. The van der Waals surface area contributed by atoms with E-state index in [9.17, 15) is 4.79 Å². The Labute approximate surface area is 155 Å². The van der Waals surface area contributed by atoms with Crippen LogP contribution in [0, 0.1) is 6.92 Å². The number of furan rings is 1. The molecule has 4 rings (SSSR count). The Hall–Kier alpha value is -2.86. The van der Waals surface area contributed by atoms with Crippen molar-refractivity contribution in [3.63, 3.8) is 0 Å². The third-order valence-electron chi connectivity index (χ3n) is 4.28. The Kier molecular flexibility index (Phi) is 4.12. The molecule has 132 valence electrons. The minimum absolute atomic E-state index is 0.0557. The molecule has 0 spiro atoms. The summed E-state index contributed by atoms with van der Waals surface area (Å²) < 4.78 is 10.8. The molecule has 1 amide bonds. The lowest BCUT2D eigenvalue weighted by Gasteiger charge is -2.17. The molecule has 0 unspecified atom stereocenters. The van der Waals surface area contributed by atoms with Crippen LogP contribution in [0.5, 0.6) is 5.75 Å². The summed E-state index contributed by atoms with van der Waals surface area (Å²) in [4.78, 5) is 23.0. The number of nitrogens with zero attached hydrogens (tertiary/aromatic N) is 3. The van der Waals surface area contributed by atoms with Crippen LogP contribution in [0.25, 0.3) is 11.6 Å². The Morgan fingerprint density at radius 2 is 1.96 bits per heavy atom. The van der Waals surface area contributed by atoms with Crippen molar-refractivity contribution in [2.45, 2.75) is 19.9 Å². The van der Waals surface area contributed by atoms with Crippen LogP contribution >= 0.6 is 11.6 Å². The molecule has 6 nitrogen and oxygen atoms in total. The summed E-state index contributed by atoms with van der Waals surface area (Å²) >= 11 is 6.32. The highest BCUT2D eigenvalue weighted by molar-refractivity contribution is 6.31. The number of halogens is 1. The van der Waals surface area contributed by atoms with Gasteiger partial charge in [-0.2, -0.15) is 0 Å². The number of hydrogen-bond donors (Lipinski definition) is 0. The summed E-state index contributed by atoms with van der Waals surface area (Å²) in [6.07, 6.45) is 0.196. The van der Waals surface area contributed by atoms with Gasteiger partial charge in [-0.1, -0.05) is 23.7 Å². The molecule has 3 aromatic rings. The fourth-order valence-corrected chi connectivity index (χ4v) is 3.16. The van der Waals surface area contributed by atoms with Gasteiger partial charge >= 0.3 is 0 Å². The van der Waals surface area contributed by atoms with Crippen molar-refractivity contribution >= 4 is 23.3 Å². The largest absolute Gasteiger partial charge is 0.497 e. The zero-order valence-electron chi connectivity index (χ0n) is 14.3. The van der Waals surface area contributed by atoms with Crippen LogP contribution < -0.4 is 9.64 Å². The van der Waals surface area contributed by atoms with Crippen LogP contribution in [-0.4, -0.2) is 23.0 Å². The zero-order chi connectivity index (χ0) is 18.3. The van der Waals surface area contributed by atoms with Gasteiger partial charge in [0.2, 0.25) is 5.91 Å². The van der Waals surface area contributed by atoms with Crippen molar-refractivity contribution in [2.75, 3.05) is 12.0 Å². The predicted molar refractivity (Wildman–Crippen MR) is 97.4 cm³/mol. The molecule has 26 heavy (non-hydrogen) atoms. The summed E-state index contributed by atoms with van der Waals surface area (Å²) in [7, 11) is 1.62. The van der Waals surface area contributed by atoms with Crippen molar-refractivity contribution in [3.8, 4) is 17.3 Å². The van der Waals surface area contributed by atoms with Crippen molar-refractivity contribution in [1.82, 2.24) is 9.97 Å². The number of carbonyl (C=O) groups is 1. The summed E-state index contributed by atoms with van der Waals surface area (Å²) in [5.74, 6) is 2.90. The molecule has 0 saturated carbocycles. The highest BCUT2D eigenvalue weighted by Gasteiger charge is 2.32. The number of rotatable bonds is 4. The first-order valence-corrected chi connectivity index (χ1v) is 8.49. The molecule has 1 aromatic carbocycles. The molecule has 0 atom stereocenters. The quantitative estimate of drug-likeness (QED) is 0.654. The van der Waals surface area contributed by atoms with Crippen LogP contribution in [0.2, 0.25) is 5.15 Å². The molecule has 2 aromatic heterocycles. The SMILES string of the molecule is COc1ccc(CN2C(=O)Cc3c(Cl)nc(-c4ccc(C)o4)nc32)cc1. The first-order valence-electron chi connectivity index (χ1n) is 8.11. The standard InChI is InChI=1S/C19H16ClN3O3/c1-11-3-8-15(26-11)18-21-17(20)14-9-16(24)23(19(14)22-18)10-12-4-6-13(25-2)7-5-12/h3-8H,9-10H2,1-2H3. The average Bonchev–Trinajstić information content (AvgIpc) is 3.20. The number of aryl methyl sites for hydroxylation is 1. The second-order valence-electron chi connectivity index (χ2n) is 6.06. The summed E-state index contributed by atoms with van der Waals surface area (Å²) in [6, 6.07) is 11.2. The minimum atomic E-state index is -0.0557. The van der Waals surface area contributed by atoms with Crippen molar-refractivity contribution in [3.05, 3.63) is 58.4 Å². The number of anilines is 1. The number of fused-ring (bicyclic) bond motifs is 1. The second kappa shape index (κ2) is 6.46. The van der Waals surface area contributed by atoms with Crippen LogP contribution in [-0.2, 0) is 17.8 Å². The summed E-state index contributed by atoms with van der Waals surface area (Å²) in [5.41, 5.74) is 1.62. The van der Waals surface area contributed by atoms with Gasteiger partial charge in [0, 0.05) is 5.56 Å². The molecule has 0 aliphatic carbocycles. The minimum Gasteiger partial charge on any atom is -0.497 e. The maximum Gasteiger partial charge on any atom is 0.233 e. The number of ether oxygens (including phenoxy) is 1. The van der Waals surface area contributed by atoms with Gasteiger partial charge in [-0.15, -0.1) is 0 Å². The first kappa shape index (κ1) is 16.6. The van der Waals surface area contributed by atoms with Gasteiger partial charge < -0.3 is 9.15 Å². The molecule has 0 saturated heterocycles. The van der Waals surface area contributed by atoms with Gasteiger partial charge in [-0.25, -0.2) is 9.97 Å². The van der Waals surface area contributed by atoms with E-state index >= 15 is 0 Å². The Morgan fingerprint density at radius 3 is 2.62 bits per heavy atom. The highest BCUT2D eigenvalue weighted by atomic mass is 35.5. The van der Waals surface area contributed by atoms with Gasteiger partial charge in [0.1, 0.15) is 22.5 Å². The molecule has 3 heterocycles. The van der Waals surface area contributed by atoms with E-state index in [1.54, 1.807) is 18.1 Å². The maximum atomic E-state index is 12.5. The van der Waals surface area contributed by atoms with E-state index in [-0.39, 0.29) is 17.5 Å². The van der Waals surface area contributed by atoms with E-state index < -0.39 is 0 Å². The maximum absolute atomic E-state index is 12.5. The fourth-order valence-electron chi connectivity index (χ4n) is 2.93. The third kappa shape index (κ3) is 2.93. The fraction of sp³-hybridized carbons (Fsp3) is 0.211. The molecule has 0 N–H and O–H groups in total. The van der Waals surface area contributed by atoms with Gasteiger partial charge in [0.25, 0.3) is 0 Å². The van der Waals surface area contributed by atoms with E-state index in [4.69, 9.17) is 20.8 Å². The first-order chi connectivity index (χ1) is 12.5. The Balaban J connectivity index is 1.70. The number of amides is 1. The molecular formula is C19H16ClN3O3. The Bertz CT molecular complexity index is 982. The van der Waals surface area contributed by atoms with Crippen molar-refractivity contribution < 1.29 is 13.9 Å². The Morgan fingerprint density at radius 1 is 1.19 bits per heavy atom. The molecule has 7 heteroatoms. The molecule has 0 fully saturated rings. The van der Waals surface area contributed by atoms with Gasteiger partial charge in [-0.05, 0) is 36.8 Å². The topological polar surface area (TPSA) is 68.5 Å². The monoisotopic (exact) mass is 369 g/mol. The van der Waals surface area contributed by atoms with Crippen molar-refractivity contribution in [1.29, 1.82) is 0 Å². The highest BCUT2D eigenvalue weighted by Crippen LogP contribution is 2.35. The molecule has 0 bridgehead atoms. The van der Waals surface area contributed by atoms with E-state index in [1.807, 2.05) is 37.3 Å². The van der Waals surface area contributed by atoms with Crippen LogP contribution in [0.1, 0.15) is 16.9 Å². The molecule has 1 aliphatic heterocycles. The lowest BCUT2D eigenvalue weighted by atomic mass is 10.2. The predicted octanol–water partition coefficient (Wildman–Crippen LogP) is 3.80. The normalized spacial score (nSPS) is 13.2. The summed E-state index contributed by atoms with van der Waals surface area (Å²) in [5, 5.41) is 0.282. The van der Waals surface area contributed by atoms with Gasteiger partial charge in [0.05, 0.1) is 20.1 Å². The number of benzene rings is 1. The number of hydrogen-bond acceptors (Lipinski definition) is 5. The second-order valence-corrected chi connectivity index (χ2v) is 6.41. The lowest BCUT2D eigenvalue weighted by Crippen LogP contribution is -2.26. The van der Waals surface area contributed by atoms with E-state index in [0.717, 1.165) is 17.1 Å². The van der Waals surface area contributed by atoms with E-state index in [2.05, 4.69) is 9.97 Å². The van der Waals surface area contributed by atoms with Crippen LogP contribution in [0.4, 0.5) is 5.82 Å². The van der Waals surface area contributed by atoms with E-state index in [1.165, 1.54) is 0 Å². The number of methoxy groups -OCH3 is 1. The average molecular weight is 370 g/mol. The number of aromatic nitrogens is 2. The van der Waals surface area contributed by atoms with E-state index in [0.29, 0.717) is 29.5 Å². The summed E-state index contributed by atoms with van der Waals surface area (Å²) in [6.45, 7) is 2.25. The van der Waals surface area contributed by atoms with Crippen molar-refractivity contribution in [2.24, 2.45) is 0 Å². The van der Waals surface area contributed by atoms with Gasteiger partial charge in [-0.3, -0.25) is 9.69 Å². The zero-order valence-corrected chi connectivity index (χ0v) is 15.1. The molecule has 1 aliphatic rings. The molecular weight excluding hydrogens is 354 g/mol. The third-order valence-corrected chi connectivity index (χ3v) is 4.59. The number of carbonyl (C=O) groups excluding carboxylic acids is 1. The van der Waals surface area contributed by atoms with Gasteiger partial charge in [0.15, 0.2) is 11.6 Å².